The van der Waals surface area contributed by atoms with Crippen molar-refractivity contribution in [3.8, 4) is 5.75 Å². The minimum Gasteiger partial charge on any atom is -0.494 e. The molecule has 0 aliphatic carbocycles. The van der Waals surface area contributed by atoms with Gasteiger partial charge >= 0.3 is 0 Å². The molecule has 3 aromatic rings. The third-order valence-corrected chi connectivity index (χ3v) is 9.49. The number of carbonyl (C=O) groups is 2. The van der Waals surface area contributed by atoms with E-state index in [0.29, 0.717) is 33.8 Å². The van der Waals surface area contributed by atoms with Crippen LogP contribution in [0.3, 0.4) is 0 Å². The number of anilines is 1. The number of nitrogens with one attached hydrogen (secondary N) is 1. The molecule has 2 atom stereocenters. The molecule has 2 amide bonds. The summed E-state index contributed by atoms with van der Waals surface area (Å²) in [5, 5.41) is 3.41. The lowest BCUT2D eigenvalue weighted by Crippen LogP contribution is -2.53. The molecule has 3 aromatic carbocycles. The Hall–Kier alpha value is -3.08. The summed E-state index contributed by atoms with van der Waals surface area (Å²) in [6.45, 7) is 7.46. The quantitative estimate of drug-likeness (QED) is 0.212. The molecule has 0 fully saturated rings. The first-order valence-corrected chi connectivity index (χ1v) is 16.5. The van der Waals surface area contributed by atoms with Crippen molar-refractivity contribution in [3.63, 3.8) is 0 Å². The van der Waals surface area contributed by atoms with Crippen molar-refractivity contribution in [2.24, 2.45) is 0 Å². The van der Waals surface area contributed by atoms with Crippen molar-refractivity contribution in [2.75, 3.05) is 17.5 Å². The first kappa shape index (κ1) is 33.4. The number of sulfonamides is 1. The number of hydrogen-bond acceptors (Lipinski definition) is 5. The molecule has 0 spiro atoms. The molecule has 2 unspecified atom stereocenters. The monoisotopic (exact) mass is 677 g/mol. The van der Waals surface area contributed by atoms with Crippen molar-refractivity contribution in [2.45, 2.75) is 64.1 Å². The minimum atomic E-state index is -4.18. The summed E-state index contributed by atoms with van der Waals surface area (Å²) >= 11 is 9.80. The average Bonchev–Trinajstić information content (AvgIpc) is 2.97. The topological polar surface area (TPSA) is 96.0 Å². The molecule has 11 heteroatoms. The number of benzene rings is 3. The van der Waals surface area contributed by atoms with E-state index in [1.165, 1.54) is 17.0 Å². The zero-order valence-electron chi connectivity index (χ0n) is 24.2. The van der Waals surface area contributed by atoms with Crippen LogP contribution in [-0.4, -0.2) is 50.4 Å². The maximum Gasteiger partial charge on any atom is 0.264 e. The fourth-order valence-corrected chi connectivity index (χ4v) is 6.18. The van der Waals surface area contributed by atoms with E-state index in [0.717, 1.165) is 10.7 Å². The molecule has 0 saturated heterocycles. The van der Waals surface area contributed by atoms with Gasteiger partial charge in [-0.15, -0.1) is 0 Å². The molecular weight excluding hydrogens is 642 g/mol. The molecule has 226 valence electrons. The lowest BCUT2D eigenvalue weighted by Gasteiger charge is -2.34. The second-order valence-electron chi connectivity index (χ2n) is 9.75. The SMILES string of the molecule is CCOc1ccc(N(CC(=O)N(Cc2ccccc2Cl)C(CC)C(=O)NC(C)CC)S(=O)(=O)c2ccc(Br)cc2)cc1. The van der Waals surface area contributed by atoms with Crippen LogP contribution in [0.15, 0.2) is 82.2 Å². The van der Waals surface area contributed by atoms with Crippen molar-refractivity contribution < 1.29 is 22.7 Å². The highest BCUT2D eigenvalue weighted by atomic mass is 79.9. The zero-order chi connectivity index (χ0) is 30.9. The van der Waals surface area contributed by atoms with Crippen LogP contribution in [0.4, 0.5) is 5.69 Å². The highest BCUT2D eigenvalue weighted by Gasteiger charge is 2.34. The van der Waals surface area contributed by atoms with Gasteiger partial charge in [0.15, 0.2) is 0 Å². The number of nitrogens with zero attached hydrogens (tertiary/aromatic N) is 2. The van der Waals surface area contributed by atoms with Crippen LogP contribution in [0.5, 0.6) is 5.75 Å². The highest BCUT2D eigenvalue weighted by Crippen LogP contribution is 2.28. The number of rotatable bonds is 14. The Labute approximate surface area is 262 Å². The lowest BCUT2D eigenvalue weighted by atomic mass is 10.1. The molecular formula is C31H37BrClN3O5S. The second kappa shape index (κ2) is 15.4. The predicted molar refractivity (Wildman–Crippen MR) is 170 cm³/mol. The summed E-state index contributed by atoms with van der Waals surface area (Å²) in [5.74, 6) is -0.284. The van der Waals surface area contributed by atoms with Crippen LogP contribution in [0, 0.1) is 0 Å². The Morgan fingerprint density at radius 2 is 1.60 bits per heavy atom. The van der Waals surface area contributed by atoms with Crippen molar-refractivity contribution in [1.82, 2.24) is 10.2 Å². The molecule has 42 heavy (non-hydrogen) atoms. The van der Waals surface area contributed by atoms with Gasteiger partial charge in [-0.3, -0.25) is 13.9 Å². The molecule has 8 nitrogen and oxygen atoms in total. The number of hydrogen-bond donors (Lipinski definition) is 1. The van der Waals surface area contributed by atoms with Crippen LogP contribution < -0.4 is 14.4 Å². The van der Waals surface area contributed by atoms with E-state index in [1.807, 2.05) is 27.7 Å². The van der Waals surface area contributed by atoms with Gasteiger partial charge in [-0.1, -0.05) is 59.6 Å². The summed E-state index contributed by atoms with van der Waals surface area (Å²) < 4.78 is 35.3. The number of amides is 2. The number of halogens is 2. The Balaban J connectivity index is 2.07. The molecule has 0 aromatic heterocycles. The van der Waals surface area contributed by atoms with Gasteiger partial charge in [-0.2, -0.15) is 0 Å². The number of carbonyl (C=O) groups excluding carboxylic acids is 2. The van der Waals surface area contributed by atoms with E-state index in [1.54, 1.807) is 60.7 Å². The van der Waals surface area contributed by atoms with Gasteiger partial charge in [0.2, 0.25) is 11.8 Å². The predicted octanol–water partition coefficient (Wildman–Crippen LogP) is 6.42. The average molecular weight is 679 g/mol. The van der Waals surface area contributed by atoms with E-state index >= 15 is 0 Å². The summed E-state index contributed by atoms with van der Waals surface area (Å²) in [7, 11) is -4.18. The van der Waals surface area contributed by atoms with E-state index < -0.39 is 28.5 Å². The molecule has 0 saturated carbocycles. The smallest absolute Gasteiger partial charge is 0.264 e. The van der Waals surface area contributed by atoms with Crippen LogP contribution in [0.2, 0.25) is 5.02 Å². The van der Waals surface area contributed by atoms with Crippen molar-refractivity contribution in [1.29, 1.82) is 0 Å². The van der Waals surface area contributed by atoms with Gasteiger partial charge in [0.05, 0.1) is 17.2 Å². The van der Waals surface area contributed by atoms with Crippen molar-refractivity contribution in [3.05, 3.63) is 87.9 Å². The van der Waals surface area contributed by atoms with Gasteiger partial charge < -0.3 is 15.0 Å². The fraction of sp³-hybridized carbons (Fsp3) is 0.355. The normalized spacial score (nSPS) is 12.7. The van der Waals surface area contributed by atoms with Crippen LogP contribution in [0.1, 0.15) is 46.1 Å². The van der Waals surface area contributed by atoms with Crippen LogP contribution in [-0.2, 0) is 26.2 Å². The van der Waals surface area contributed by atoms with E-state index in [2.05, 4.69) is 21.2 Å². The molecule has 3 rings (SSSR count). The van der Waals surface area contributed by atoms with Gasteiger partial charge in [0, 0.05) is 22.1 Å². The fourth-order valence-electron chi connectivity index (χ4n) is 4.31. The van der Waals surface area contributed by atoms with Crippen LogP contribution in [0.25, 0.3) is 0 Å². The first-order valence-electron chi connectivity index (χ1n) is 13.9. The minimum absolute atomic E-state index is 0.0200. The third kappa shape index (κ3) is 8.49. The maximum atomic E-state index is 14.2. The van der Waals surface area contributed by atoms with Crippen LogP contribution >= 0.6 is 27.5 Å². The van der Waals surface area contributed by atoms with E-state index in [9.17, 15) is 18.0 Å². The summed E-state index contributed by atoms with van der Waals surface area (Å²) in [6, 6.07) is 18.8. The Morgan fingerprint density at radius 3 is 2.17 bits per heavy atom. The zero-order valence-corrected chi connectivity index (χ0v) is 27.4. The maximum absolute atomic E-state index is 14.2. The Morgan fingerprint density at radius 1 is 0.952 bits per heavy atom. The molecule has 0 heterocycles. The summed E-state index contributed by atoms with van der Waals surface area (Å²) in [5.41, 5.74) is 0.926. The van der Waals surface area contributed by atoms with E-state index in [-0.39, 0.29) is 29.1 Å². The van der Waals surface area contributed by atoms with Gasteiger partial charge in [0.1, 0.15) is 18.3 Å². The van der Waals surface area contributed by atoms with Gasteiger partial charge in [-0.25, -0.2) is 8.42 Å². The Kier molecular flexibility index (Phi) is 12.3. The number of ether oxygens (including phenoxy) is 1. The van der Waals surface area contributed by atoms with Gasteiger partial charge in [-0.05, 0) is 86.8 Å². The molecule has 1 N–H and O–H groups in total. The summed E-state index contributed by atoms with van der Waals surface area (Å²) in [4.78, 5) is 29.0. The standard InChI is InChI=1S/C31H37BrClN3O5S/c1-5-22(4)34-31(38)29(6-2)35(20-23-10-8-9-11-28(23)33)30(37)21-36(25-14-16-26(17-15-25)41-7-3)42(39,40)27-18-12-24(32)13-19-27/h8-19,22,29H,5-7,20-21H2,1-4H3,(H,34,38). The van der Waals surface area contributed by atoms with Crippen molar-refractivity contribution >= 4 is 55.1 Å². The molecule has 0 bridgehead atoms. The molecule has 0 radical (unpaired) electrons. The Bertz CT molecular complexity index is 1450. The highest BCUT2D eigenvalue weighted by molar-refractivity contribution is 9.10. The summed E-state index contributed by atoms with van der Waals surface area (Å²) in [6.07, 6.45) is 1.04. The third-order valence-electron chi connectivity index (χ3n) is 6.80. The van der Waals surface area contributed by atoms with Gasteiger partial charge in [0.25, 0.3) is 10.0 Å². The first-order chi connectivity index (χ1) is 20.0. The molecule has 0 aliphatic rings. The largest absolute Gasteiger partial charge is 0.494 e. The molecule has 0 aliphatic heterocycles. The van der Waals surface area contributed by atoms with E-state index in [4.69, 9.17) is 16.3 Å². The second-order valence-corrected chi connectivity index (χ2v) is 12.9. The lowest BCUT2D eigenvalue weighted by molar-refractivity contribution is -0.140.